The lowest BCUT2D eigenvalue weighted by Crippen LogP contribution is -2.09. The summed E-state index contributed by atoms with van der Waals surface area (Å²) in [7, 11) is -4.14. The normalized spacial score (nSPS) is 16.6. The number of aromatic nitrogens is 1. The zero-order chi connectivity index (χ0) is 26.1. The Bertz CT molecular complexity index is 1670. The molecule has 6 rings (SSSR count). The van der Waals surface area contributed by atoms with E-state index >= 15 is 0 Å². The predicted octanol–water partition coefficient (Wildman–Crippen LogP) is 8.78. The molecule has 9 heteroatoms. The fraction of sp³-hybridized carbons (Fsp3) is 0.103. The van der Waals surface area contributed by atoms with Crippen LogP contribution in [0.15, 0.2) is 114 Å². The van der Waals surface area contributed by atoms with Crippen LogP contribution in [0, 0.1) is 5.82 Å². The molecule has 2 atom stereocenters. The first-order valence-electron chi connectivity index (χ1n) is 12.1. The highest BCUT2D eigenvalue weighted by Crippen LogP contribution is 2.55. The lowest BCUT2D eigenvalue weighted by atomic mass is 9.92. The Hall–Kier alpha value is -4.51. The standard InChI is InChI=1S/C29H22FN4O3P/c30-20-15-16-25-27(26-18-28(32-33-31)24-14-8-7-13-23(24)26)19-34(29(25)17-20)38(35,36-21-9-3-1-4-10-21)37-22-11-5-2-6-12-22/h1-17,19,26,28H,18H2. The maximum atomic E-state index is 14.6. The van der Waals surface area contributed by atoms with Gasteiger partial charge < -0.3 is 9.05 Å². The van der Waals surface area contributed by atoms with E-state index in [1.807, 2.05) is 36.4 Å². The molecular formula is C29H22FN4O3P. The van der Waals surface area contributed by atoms with E-state index < -0.39 is 13.6 Å². The number of azide groups is 1. The van der Waals surface area contributed by atoms with Gasteiger partial charge in [0.1, 0.15) is 17.3 Å². The molecule has 0 saturated carbocycles. The maximum absolute atomic E-state index is 14.6. The fourth-order valence-electron chi connectivity index (χ4n) is 5.10. The van der Waals surface area contributed by atoms with E-state index in [2.05, 4.69) is 10.0 Å². The number of nitrogens with zero attached hydrogens (tertiary/aromatic N) is 4. The van der Waals surface area contributed by atoms with Crippen molar-refractivity contribution in [3.8, 4) is 11.5 Å². The van der Waals surface area contributed by atoms with Crippen LogP contribution in [-0.4, -0.2) is 4.34 Å². The highest BCUT2D eigenvalue weighted by molar-refractivity contribution is 7.53. The minimum Gasteiger partial charge on any atom is -0.400 e. The Balaban J connectivity index is 1.54. The molecule has 0 fully saturated rings. The summed E-state index contributed by atoms with van der Waals surface area (Å²) in [5.74, 6) is 0.0494. The van der Waals surface area contributed by atoms with Gasteiger partial charge in [-0.25, -0.2) is 13.3 Å². The average molecular weight is 524 g/mol. The van der Waals surface area contributed by atoms with Gasteiger partial charge in [-0.1, -0.05) is 65.8 Å². The predicted molar refractivity (Wildman–Crippen MR) is 144 cm³/mol. The molecular weight excluding hydrogens is 502 g/mol. The quantitative estimate of drug-likeness (QED) is 0.0922. The zero-order valence-electron chi connectivity index (χ0n) is 20.1. The second kappa shape index (κ2) is 9.75. The Morgan fingerprint density at radius 3 is 2.08 bits per heavy atom. The number of rotatable bonds is 7. The Morgan fingerprint density at radius 2 is 1.45 bits per heavy atom. The van der Waals surface area contributed by atoms with Crippen LogP contribution in [0.2, 0.25) is 0 Å². The molecule has 0 amide bonds. The fourth-order valence-corrected chi connectivity index (χ4v) is 6.79. The average Bonchev–Trinajstić information content (AvgIpc) is 3.49. The van der Waals surface area contributed by atoms with Crippen molar-refractivity contribution in [1.29, 1.82) is 0 Å². The third-order valence-corrected chi connectivity index (χ3v) is 8.47. The second-order valence-electron chi connectivity index (χ2n) is 9.01. The number of hydrogen-bond donors (Lipinski definition) is 0. The summed E-state index contributed by atoms with van der Waals surface area (Å²) < 4.78 is 42.8. The molecule has 5 aromatic rings. The molecule has 1 heterocycles. The van der Waals surface area contributed by atoms with Crippen molar-refractivity contribution < 1.29 is 18.0 Å². The molecule has 0 N–H and O–H groups in total. The van der Waals surface area contributed by atoms with E-state index in [1.165, 1.54) is 16.5 Å². The molecule has 0 spiro atoms. The Labute approximate surface area is 218 Å². The maximum Gasteiger partial charge on any atom is 0.548 e. The van der Waals surface area contributed by atoms with Gasteiger partial charge in [-0.3, -0.25) is 0 Å². The van der Waals surface area contributed by atoms with Crippen LogP contribution in [0.1, 0.15) is 35.1 Å². The molecule has 0 aliphatic heterocycles. The van der Waals surface area contributed by atoms with Crippen LogP contribution in [0.3, 0.4) is 0 Å². The number of halogens is 1. The number of para-hydroxylation sites is 2. The van der Waals surface area contributed by atoms with Crippen LogP contribution in [0.25, 0.3) is 21.3 Å². The summed E-state index contributed by atoms with van der Waals surface area (Å²) in [4.78, 5) is 3.04. The minimum absolute atomic E-state index is 0.169. The summed E-state index contributed by atoms with van der Waals surface area (Å²) in [5.41, 5.74) is 12.3. The first-order chi connectivity index (χ1) is 18.6. The van der Waals surface area contributed by atoms with Crippen molar-refractivity contribution in [3.63, 3.8) is 0 Å². The molecule has 7 nitrogen and oxygen atoms in total. The van der Waals surface area contributed by atoms with E-state index in [0.717, 1.165) is 16.7 Å². The largest absolute Gasteiger partial charge is 0.548 e. The third-order valence-electron chi connectivity index (χ3n) is 6.73. The molecule has 0 saturated heterocycles. The Morgan fingerprint density at radius 1 is 0.842 bits per heavy atom. The van der Waals surface area contributed by atoms with Gasteiger partial charge in [-0.2, -0.15) is 0 Å². The van der Waals surface area contributed by atoms with Gasteiger partial charge in [0.15, 0.2) is 0 Å². The summed E-state index contributed by atoms with van der Waals surface area (Å²) in [6.45, 7) is 0. The van der Waals surface area contributed by atoms with Gasteiger partial charge in [0.05, 0.1) is 11.6 Å². The molecule has 1 aliphatic carbocycles. The van der Waals surface area contributed by atoms with Crippen LogP contribution >= 0.6 is 7.75 Å². The highest BCUT2D eigenvalue weighted by Gasteiger charge is 2.38. The first kappa shape index (κ1) is 23.9. The highest BCUT2D eigenvalue weighted by atomic mass is 31.2. The number of benzene rings is 4. The smallest absolute Gasteiger partial charge is 0.400 e. The van der Waals surface area contributed by atoms with Gasteiger partial charge in [-0.15, -0.1) is 0 Å². The zero-order valence-corrected chi connectivity index (χ0v) is 21.0. The number of hydrogen-bond acceptors (Lipinski definition) is 4. The third kappa shape index (κ3) is 4.30. The molecule has 4 aromatic carbocycles. The van der Waals surface area contributed by atoms with Crippen LogP contribution in [0.5, 0.6) is 11.5 Å². The number of fused-ring (bicyclic) bond motifs is 2. The summed E-state index contributed by atoms with van der Waals surface area (Å²) in [5, 5.41) is 4.72. The van der Waals surface area contributed by atoms with E-state index in [1.54, 1.807) is 60.8 Å². The van der Waals surface area contributed by atoms with E-state index in [4.69, 9.17) is 14.6 Å². The SMILES string of the molecule is [N-]=[N+]=NC1CC(c2cn(P(=O)(Oc3ccccc3)Oc3ccccc3)c3cc(F)ccc23)c2ccccc21. The van der Waals surface area contributed by atoms with Crippen LogP contribution in [-0.2, 0) is 4.57 Å². The molecule has 2 unspecified atom stereocenters. The van der Waals surface area contributed by atoms with Crippen molar-refractivity contribution >= 4 is 18.6 Å². The van der Waals surface area contributed by atoms with Crippen LogP contribution < -0.4 is 9.05 Å². The van der Waals surface area contributed by atoms with Crippen molar-refractivity contribution in [1.82, 2.24) is 4.34 Å². The minimum atomic E-state index is -4.14. The summed E-state index contributed by atoms with van der Waals surface area (Å²) >= 11 is 0. The van der Waals surface area contributed by atoms with Gasteiger partial charge in [0, 0.05) is 22.4 Å². The molecule has 1 aromatic heterocycles. The van der Waals surface area contributed by atoms with Gasteiger partial charge >= 0.3 is 7.75 Å². The van der Waals surface area contributed by atoms with Crippen molar-refractivity contribution in [2.24, 2.45) is 5.11 Å². The van der Waals surface area contributed by atoms with Crippen molar-refractivity contribution in [2.75, 3.05) is 0 Å². The van der Waals surface area contributed by atoms with Crippen molar-refractivity contribution in [2.45, 2.75) is 18.4 Å². The molecule has 38 heavy (non-hydrogen) atoms. The molecule has 1 aliphatic rings. The van der Waals surface area contributed by atoms with E-state index in [0.29, 0.717) is 28.8 Å². The lowest BCUT2D eigenvalue weighted by molar-refractivity contribution is 0.376. The van der Waals surface area contributed by atoms with Gasteiger partial charge in [-0.05, 0) is 71.1 Å². The summed E-state index contributed by atoms with van der Waals surface area (Å²) in [6, 6.07) is 29.3. The van der Waals surface area contributed by atoms with Gasteiger partial charge in [0.2, 0.25) is 0 Å². The topological polar surface area (TPSA) is 89.2 Å². The monoisotopic (exact) mass is 524 g/mol. The van der Waals surface area contributed by atoms with Crippen molar-refractivity contribution in [3.05, 3.63) is 142 Å². The second-order valence-corrected chi connectivity index (χ2v) is 10.7. The molecule has 0 bridgehead atoms. The van der Waals surface area contributed by atoms with E-state index in [9.17, 15) is 8.96 Å². The first-order valence-corrected chi connectivity index (χ1v) is 13.6. The summed E-state index contributed by atoms with van der Waals surface area (Å²) in [6.07, 6.45) is 2.25. The Kier molecular flexibility index (Phi) is 6.12. The van der Waals surface area contributed by atoms with Gasteiger partial charge in [0.25, 0.3) is 0 Å². The van der Waals surface area contributed by atoms with Crippen LogP contribution in [0.4, 0.5) is 4.39 Å². The molecule has 0 radical (unpaired) electrons. The van der Waals surface area contributed by atoms with E-state index in [-0.39, 0.29) is 12.0 Å². The lowest BCUT2D eigenvalue weighted by Gasteiger charge is -2.21. The molecule has 188 valence electrons.